The van der Waals surface area contributed by atoms with Gasteiger partial charge in [-0.2, -0.15) is 5.26 Å². The fourth-order valence-electron chi connectivity index (χ4n) is 1.72. The average molecular weight is 269 g/mol. The molecule has 0 bridgehead atoms. The molecule has 2 N–H and O–H groups in total. The van der Waals surface area contributed by atoms with Crippen LogP contribution in [0.15, 0.2) is 47.1 Å². The van der Waals surface area contributed by atoms with Crippen LogP contribution in [0.3, 0.4) is 0 Å². The molecule has 1 heterocycles. The van der Waals surface area contributed by atoms with Crippen LogP contribution in [-0.4, -0.2) is 12.5 Å². The van der Waals surface area contributed by atoms with Crippen LogP contribution in [0, 0.1) is 11.3 Å². The van der Waals surface area contributed by atoms with Crippen molar-refractivity contribution in [2.45, 2.75) is 13.0 Å². The van der Waals surface area contributed by atoms with E-state index in [1.54, 1.807) is 30.5 Å². The minimum absolute atomic E-state index is 0.0907. The van der Waals surface area contributed by atoms with Crippen molar-refractivity contribution in [3.05, 3.63) is 54.0 Å². The largest absolute Gasteiger partial charge is 0.468 e. The highest BCUT2D eigenvalue weighted by Gasteiger charge is 2.03. The molecule has 102 valence electrons. The van der Waals surface area contributed by atoms with E-state index in [0.29, 0.717) is 30.8 Å². The Kier molecular flexibility index (Phi) is 4.93. The number of benzene rings is 1. The van der Waals surface area contributed by atoms with E-state index in [1.807, 2.05) is 18.2 Å². The predicted octanol–water partition coefficient (Wildman–Crippen LogP) is 2.27. The van der Waals surface area contributed by atoms with Crippen molar-refractivity contribution in [2.75, 3.05) is 11.9 Å². The summed E-state index contributed by atoms with van der Waals surface area (Å²) >= 11 is 0. The van der Waals surface area contributed by atoms with Gasteiger partial charge >= 0.3 is 0 Å². The Labute approximate surface area is 117 Å². The quantitative estimate of drug-likeness (QED) is 0.788. The van der Waals surface area contributed by atoms with E-state index in [0.717, 1.165) is 5.76 Å². The lowest BCUT2D eigenvalue weighted by Gasteiger charge is -2.06. The van der Waals surface area contributed by atoms with Gasteiger partial charge in [-0.25, -0.2) is 0 Å². The van der Waals surface area contributed by atoms with Crippen molar-refractivity contribution in [2.24, 2.45) is 0 Å². The summed E-state index contributed by atoms with van der Waals surface area (Å²) in [5.74, 6) is 0.749. The molecule has 0 unspecified atom stereocenters. The highest BCUT2D eigenvalue weighted by molar-refractivity contribution is 5.90. The first-order chi connectivity index (χ1) is 9.78. The molecule has 5 nitrogen and oxygen atoms in total. The number of nitrogens with one attached hydrogen (secondary N) is 2. The van der Waals surface area contributed by atoms with Crippen LogP contribution in [0.5, 0.6) is 0 Å². The second-order valence-corrected chi connectivity index (χ2v) is 4.25. The maximum absolute atomic E-state index is 11.7. The van der Waals surface area contributed by atoms with Crippen molar-refractivity contribution in [1.29, 1.82) is 5.26 Å². The van der Waals surface area contributed by atoms with Gasteiger partial charge in [0.2, 0.25) is 5.91 Å². The molecule has 2 aromatic rings. The number of anilines is 1. The summed E-state index contributed by atoms with van der Waals surface area (Å²) < 4.78 is 5.17. The van der Waals surface area contributed by atoms with Gasteiger partial charge in [0.05, 0.1) is 24.4 Å². The van der Waals surface area contributed by atoms with E-state index < -0.39 is 0 Å². The maximum Gasteiger partial charge on any atom is 0.225 e. The van der Waals surface area contributed by atoms with Gasteiger partial charge in [-0.3, -0.25) is 4.79 Å². The summed E-state index contributed by atoms with van der Waals surface area (Å²) in [5.41, 5.74) is 1.17. The van der Waals surface area contributed by atoms with Gasteiger partial charge in [0.1, 0.15) is 5.76 Å². The fourth-order valence-corrected chi connectivity index (χ4v) is 1.72. The zero-order valence-electron chi connectivity index (χ0n) is 10.9. The van der Waals surface area contributed by atoms with Gasteiger partial charge in [0.25, 0.3) is 0 Å². The van der Waals surface area contributed by atoms with Crippen LogP contribution in [0.4, 0.5) is 5.69 Å². The third-order valence-electron chi connectivity index (χ3n) is 2.68. The Morgan fingerprint density at radius 3 is 2.95 bits per heavy atom. The number of furan rings is 1. The number of hydrogen-bond acceptors (Lipinski definition) is 4. The first-order valence-corrected chi connectivity index (χ1v) is 6.31. The molecule has 0 aliphatic rings. The minimum Gasteiger partial charge on any atom is -0.468 e. The number of amides is 1. The normalized spacial score (nSPS) is 9.95. The van der Waals surface area contributed by atoms with Gasteiger partial charge in [0, 0.05) is 18.7 Å². The molecule has 20 heavy (non-hydrogen) atoms. The van der Waals surface area contributed by atoms with E-state index in [9.17, 15) is 4.79 Å². The lowest BCUT2D eigenvalue weighted by molar-refractivity contribution is -0.116. The number of carbonyl (C=O) groups excluding carboxylic acids is 1. The Morgan fingerprint density at radius 1 is 1.30 bits per heavy atom. The van der Waals surface area contributed by atoms with Gasteiger partial charge in [-0.1, -0.05) is 6.07 Å². The highest BCUT2D eigenvalue weighted by atomic mass is 16.3. The minimum atomic E-state index is -0.0907. The molecule has 0 aliphatic heterocycles. The smallest absolute Gasteiger partial charge is 0.225 e. The molecule has 1 aromatic heterocycles. The highest BCUT2D eigenvalue weighted by Crippen LogP contribution is 2.09. The first kappa shape index (κ1) is 13.8. The average Bonchev–Trinajstić information content (AvgIpc) is 2.97. The third-order valence-corrected chi connectivity index (χ3v) is 2.68. The zero-order valence-corrected chi connectivity index (χ0v) is 10.9. The SMILES string of the molecule is N#Cc1cccc(NC(=O)CCNCc2ccco2)c1. The number of rotatable bonds is 6. The molecule has 0 saturated carbocycles. The lowest BCUT2D eigenvalue weighted by atomic mass is 10.2. The lowest BCUT2D eigenvalue weighted by Crippen LogP contribution is -2.21. The number of nitriles is 1. The number of carbonyl (C=O) groups is 1. The summed E-state index contributed by atoms with van der Waals surface area (Å²) in [7, 11) is 0. The van der Waals surface area contributed by atoms with E-state index in [1.165, 1.54) is 0 Å². The van der Waals surface area contributed by atoms with Crippen LogP contribution in [0.1, 0.15) is 17.7 Å². The third kappa shape index (κ3) is 4.26. The summed E-state index contributed by atoms with van der Waals surface area (Å²) in [5, 5.41) is 14.7. The van der Waals surface area contributed by atoms with E-state index in [-0.39, 0.29) is 5.91 Å². The van der Waals surface area contributed by atoms with Crippen LogP contribution in [-0.2, 0) is 11.3 Å². The van der Waals surface area contributed by atoms with Crippen molar-refractivity contribution >= 4 is 11.6 Å². The molecule has 0 radical (unpaired) electrons. The Bertz CT molecular complexity index is 600. The van der Waals surface area contributed by atoms with Crippen molar-refractivity contribution in [3.8, 4) is 6.07 Å². The molecule has 0 aliphatic carbocycles. The molecule has 0 atom stereocenters. The van der Waals surface area contributed by atoms with Crippen LogP contribution in [0.2, 0.25) is 0 Å². The molecule has 0 saturated heterocycles. The maximum atomic E-state index is 11.7. The molecular weight excluding hydrogens is 254 g/mol. The van der Waals surface area contributed by atoms with Crippen molar-refractivity contribution < 1.29 is 9.21 Å². The van der Waals surface area contributed by atoms with Gasteiger partial charge < -0.3 is 15.1 Å². The second kappa shape index (κ2) is 7.12. The Hall–Kier alpha value is -2.58. The zero-order chi connectivity index (χ0) is 14.2. The number of nitrogens with zero attached hydrogens (tertiary/aromatic N) is 1. The summed E-state index contributed by atoms with van der Waals surface area (Å²) in [6.07, 6.45) is 1.98. The molecule has 5 heteroatoms. The molecule has 0 spiro atoms. The van der Waals surface area contributed by atoms with E-state index >= 15 is 0 Å². The molecule has 1 amide bonds. The monoisotopic (exact) mass is 269 g/mol. The van der Waals surface area contributed by atoms with Gasteiger partial charge in [0.15, 0.2) is 0 Å². The molecule has 1 aromatic carbocycles. The van der Waals surface area contributed by atoms with Crippen LogP contribution >= 0.6 is 0 Å². The predicted molar refractivity (Wildman–Crippen MR) is 74.8 cm³/mol. The Balaban J connectivity index is 1.71. The summed E-state index contributed by atoms with van der Waals surface area (Å²) in [4.78, 5) is 11.7. The number of hydrogen-bond donors (Lipinski definition) is 2. The fraction of sp³-hybridized carbons (Fsp3) is 0.200. The topological polar surface area (TPSA) is 78.1 Å². The standard InChI is InChI=1S/C15H15N3O2/c16-10-12-3-1-4-13(9-12)18-15(19)6-7-17-11-14-5-2-8-20-14/h1-5,8-9,17H,6-7,11H2,(H,18,19). The van der Waals surface area contributed by atoms with Gasteiger partial charge in [-0.15, -0.1) is 0 Å². The molecule has 2 rings (SSSR count). The Morgan fingerprint density at radius 2 is 2.20 bits per heavy atom. The molecule has 0 fully saturated rings. The second-order valence-electron chi connectivity index (χ2n) is 4.25. The van der Waals surface area contributed by atoms with Crippen LogP contribution in [0.25, 0.3) is 0 Å². The van der Waals surface area contributed by atoms with E-state index in [2.05, 4.69) is 10.6 Å². The molecular formula is C15H15N3O2. The van der Waals surface area contributed by atoms with E-state index in [4.69, 9.17) is 9.68 Å². The van der Waals surface area contributed by atoms with Crippen LogP contribution < -0.4 is 10.6 Å². The van der Waals surface area contributed by atoms with Gasteiger partial charge in [-0.05, 0) is 30.3 Å². The van der Waals surface area contributed by atoms with Crippen molar-refractivity contribution in [1.82, 2.24) is 5.32 Å². The summed E-state index contributed by atoms with van der Waals surface area (Å²) in [6, 6.07) is 12.6. The van der Waals surface area contributed by atoms with Crippen molar-refractivity contribution in [3.63, 3.8) is 0 Å². The summed E-state index contributed by atoms with van der Waals surface area (Å²) in [6.45, 7) is 1.16. The first-order valence-electron chi connectivity index (χ1n) is 6.31.